The summed E-state index contributed by atoms with van der Waals surface area (Å²) in [6.07, 6.45) is 6.41. The number of benzene rings is 1. The number of amides is 1. The van der Waals surface area contributed by atoms with E-state index in [1.807, 2.05) is 18.3 Å². The summed E-state index contributed by atoms with van der Waals surface area (Å²) >= 11 is 0. The second kappa shape index (κ2) is 9.17. The molecule has 0 saturated heterocycles. The maximum atomic E-state index is 12.2. The van der Waals surface area contributed by atoms with E-state index >= 15 is 0 Å². The van der Waals surface area contributed by atoms with E-state index in [2.05, 4.69) is 46.1 Å². The third kappa shape index (κ3) is 4.09. The molecule has 36 heavy (non-hydrogen) atoms. The van der Waals surface area contributed by atoms with Crippen molar-refractivity contribution in [2.75, 3.05) is 11.9 Å². The number of carbonyl (C=O) groups is 1. The molecular weight excluding hydrogens is 452 g/mol. The molecule has 1 amide bonds. The number of hydrogen-bond acceptors (Lipinski definition) is 6. The molecule has 4 heterocycles. The van der Waals surface area contributed by atoms with Crippen molar-refractivity contribution < 1.29 is 9.90 Å². The number of pyridine rings is 1. The molecule has 0 unspecified atom stereocenters. The molecule has 0 bridgehead atoms. The quantitative estimate of drug-likeness (QED) is 0.434. The first-order chi connectivity index (χ1) is 17.5. The van der Waals surface area contributed by atoms with Crippen LogP contribution >= 0.6 is 0 Å². The van der Waals surface area contributed by atoms with Crippen molar-refractivity contribution in [3.8, 4) is 0 Å². The molecule has 8 nitrogen and oxygen atoms in total. The Morgan fingerprint density at radius 3 is 2.69 bits per heavy atom. The zero-order chi connectivity index (χ0) is 24.8. The highest BCUT2D eigenvalue weighted by Gasteiger charge is 2.26. The van der Waals surface area contributed by atoms with E-state index in [4.69, 9.17) is 9.97 Å². The Morgan fingerprint density at radius 2 is 1.89 bits per heavy atom. The molecule has 4 aromatic rings. The second-order valence-corrected chi connectivity index (χ2v) is 10.3. The highest BCUT2D eigenvalue weighted by molar-refractivity contribution is 6.06. The molecule has 2 aliphatic rings. The van der Waals surface area contributed by atoms with Crippen molar-refractivity contribution in [3.63, 3.8) is 0 Å². The molecule has 0 spiro atoms. The van der Waals surface area contributed by atoms with Crippen molar-refractivity contribution >= 4 is 39.6 Å². The summed E-state index contributed by atoms with van der Waals surface area (Å²) in [7, 11) is 0. The van der Waals surface area contributed by atoms with Gasteiger partial charge in [-0.05, 0) is 56.2 Å². The van der Waals surface area contributed by atoms with Gasteiger partial charge in [0.2, 0.25) is 5.95 Å². The van der Waals surface area contributed by atoms with E-state index in [0.717, 1.165) is 28.2 Å². The topological polar surface area (TPSA) is 96.2 Å². The van der Waals surface area contributed by atoms with Crippen LogP contribution in [0.2, 0.25) is 0 Å². The van der Waals surface area contributed by atoms with Gasteiger partial charge in [-0.25, -0.2) is 9.97 Å². The summed E-state index contributed by atoms with van der Waals surface area (Å²) in [5.74, 6) is 1.77. The standard InChI is InChI=1S/C28H32N6O2/c1-17-7-10-20(11-8-17)34-24-6-4-3-5-21(24)22-15-29-28(32-26(22)34)31-25-12-9-19-16-33(27(36)18(2)35)14-13-23(19)30-25/h3-6,9,12,15,17-18,20,35H,7-8,10-11,13-14,16H2,1-2H3,(H,29,30,31,32)/t17?,18-,20?/m1/s1. The highest BCUT2D eigenvalue weighted by Crippen LogP contribution is 2.38. The number of aliphatic hydroxyl groups is 1. The van der Waals surface area contributed by atoms with Crippen molar-refractivity contribution in [2.24, 2.45) is 5.92 Å². The van der Waals surface area contributed by atoms with Crippen LogP contribution in [0.25, 0.3) is 21.9 Å². The van der Waals surface area contributed by atoms with E-state index in [-0.39, 0.29) is 5.91 Å². The maximum absolute atomic E-state index is 12.2. The lowest BCUT2D eigenvalue weighted by Crippen LogP contribution is -2.41. The first-order valence-corrected chi connectivity index (χ1v) is 13.0. The van der Waals surface area contributed by atoms with Crippen molar-refractivity contribution in [2.45, 2.75) is 64.6 Å². The molecule has 1 aromatic carbocycles. The monoisotopic (exact) mass is 484 g/mol. The fourth-order valence-corrected chi connectivity index (χ4v) is 5.76. The van der Waals surface area contributed by atoms with Gasteiger partial charge in [-0.15, -0.1) is 0 Å². The van der Waals surface area contributed by atoms with Gasteiger partial charge >= 0.3 is 0 Å². The Kier molecular flexibility index (Phi) is 5.84. The van der Waals surface area contributed by atoms with E-state index in [1.165, 1.54) is 43.5 Å². The van der Waals surface area contributed by atoms with Crippen LogP contribution in [-0.2, 0) is 17.8 Å². The summed E-state index contributed by atoms with van der Waals surface area (Å²) < 4.78 is 2.43. The number of aliphatic hydroxyl groups excluding tert-OH is 1. The average molecular weight is 485 g/mol. The van der Waals surface area contributed by atoms with Crippen LogP contribution in [0.15, 0.2) is 42.6 Å². The number of rotatable bonds is 4. The zero-order valence-electron chi connectivity index (χ0n) is 20.8. The van der Waals surface area contributed by atoms with E-state index in [0.29, 0.717) is 37.3 Å². The minimum atomic E-state index is -0.986. The zero-order valence-corrected chi connectivity index (χ0v) is 20.8. The van der Waals surface area contributed by atoms with Gasteiger partial charge in [0.15, 0.2) is 0 Å². The number of hydrogen-bond donors (Lipinski definition) is 2. The lowest BCUT2D eigenvalue weighted by molar-refractivity contribution is -0.140. The number of nitrogens with one attached hydrogen (secondary N) is 1. The van der Waals surface area contributed by atoms with Gasteiger partial charge < -0.3 is 19.9 Å². The molecule has 1 saturated carbocycles. The number of para-hydroxylation sites is 1. The first-order valence-electron chi connectivity index (χ1n) is 13.0. The Labute approximate surface area is 210 Å². The normalized spacial score (nSPS) is 20.9. The summed E-state index contributed by atoms with van der Waals surface area (Å²) in [5.41, 5.74) is 4.16. The highest BCUT2D eigenvalue weighted by atomic mass is 16.3. The SMILES string of the molecule is CC1CCC(n2c3ccccc3c3cnc(Nc4ccc5c(n4)CCN(C(=O)[C@@H](C)O)C5)nc32)CC1. The second-order valence-electron chi connectivity index (χ2n) is 10.3. The van der Waals surface area contributed by atoms with Crippen molar-refractivity contribution in [1.82, 2.24) is 24.4 Å². The summed E-state index contributed by atoms with van der Waals surface area (Å²) in [6, 6.07) is 12.9. The van der Waals surface area contributed by atoms with Crippen LogP contribution in [0.4, 0.5) is 11.8 Å². The van der Waals surface area contributed by atoms with Crippen LogP contribution in [0.5, 0.6) is 0 Å². The van der Waals surface area contributed by atoms with Gasteiger partial charge in [-0.3, -0.25) is 4.79 Å². The number of fused-ring (bicyclic) bond motifs is 4. The summed E-state index contributed by atoms with van der Waals surface area (Å²) in [4.78, 5) is 28.3. The molecule has 6 rings (SSSR count). The van der Waals surface area contributed by atoms with Crippen LogP contribution in [0.3, 0.4) is 0 Å². The Balaban J connectivity index is 1.31. The molecule has 1 aliphatic carbocycles. The third-order valence-corrected chi connectivity index (χ3v) is 7.76. The van der Waals surface area contributed by atoms with Gasteiger partial charge in [0.05, 0.1) is 5.52 Å². The third-order valence-electron chi connectivity index (χ3n) is 7.76. The smallest absolute Gasteiger partial charge is 0.251 e. The molecule has 1 aliphatic heterocycles. The van der Waals surface area contributed by atoms with Crippen LogP contribution in [-0.4, -0.2) is 48.1 Å². The van der Waals surface area contributed by atoms with Gasteiger partial charge in [0.1, 0.15) is 17.6 Å². The van der Waals surface area contributed by atoms with Gasteiger partial charge in [-0.2, -0.15) is 4.98 Å². The first kappa shape index (κ1) is 22.9. The Morgan fingerprint density at radius 1 is 1.08 bits per heavy atom. The fraction of sp³-hybridized carbons (Fsp3) is 0.429. The van der Waals surface area contributed by atoms with E-state index in [1.54, 1.807) is 4.90 Å². The van der Waals surface area contributed by atoms with E-state index in [9.17, 15) is 9.90 Å². The molecule has 1 fully saturated rings. The fourth-order valence-electron chi connectivity index (χ4n) is 5.76. The van der Waals surface area contributed by atoms with Crippen molar-refractivity contribution in [3.05, 3.63) is 53.9 Å². The number of aromatic nitrogens is 4. The Bertz CT molecular complexity index is 1440. The summed E-state index contributed by atoms with van der Waals surface area (Å²) in [5, 5.41) is 15.2. The van der Waals surface area contributed by atoms with Gasteiger partial charge in [0, 0.05) is 48.2 Å². The van der Waals surface area contributed by atoms with E-state index < -0.39 is 6.10 Å². The minimum Gasteiger partial charge on any atom is -0.384 e. The number of carbonyl (C=O) groups excluding carboxylic acids is 1. The van der Waals surface area contributed by atoms with Crippen molar-refractivity contribution in [1.29, 1.82) is 0 Å². The lowest BCUT2D eigenvalue weighted by Gasteiger charge is -2.29. The average Bonchev–Trinajstić information content (AvgIpc) is 3.22. The molecule has 186 valence electrons. The van der Waals surface area contributed by atoms with Gasteiger partial charge in [0.25, 0.3) is 5.91 Å². The predicted molar refractivity (Wildman–Crippen MR) is 140 cm³/mol. The van der Waals surface area contributed by atoms with Gasteiger partial charge in [-0.1, -0.05) is 31.2 Å². The number of nitrogens with zero attached hydrogens (tertiary/aromatic N) is 5. The molecule has 1 atom stereocenters. The molecule has 0 radical (unpaired) electrons. The van der Waals surface area contributed by atoms with Crippen LogP contribution in [0.1, 0.15) is 56.8 Å². The molecule has 8 heteroatoms. The summed E-state index contributed by atoms with van der Waals surface area (Å²) in [6.45, 7) is 4.87. The molecule has 3 aromatic heterocycles. The largest absolute Gasteiger partial charge is 0.384 e. The van der Waals surface area contributed by atoms with Crippen LogP contribution < -0.4 is 5.32 Å². The Hall–Kier alpha value is -3.52. The maximum Gasteiger partial charge on any atom is 0.251 e. The minimum absolute atomic E-state index is 0.243. The predicted octanol–water partition coefficient (Wildman–Crippen LogP) is 4.74. The molecular formula is C28H32N6O2. The van der Waals surface area contributed by atoms with Crippen LogP contribution in [0, 0.1) is 5.92 Å². The number of anilines is 2. The lowest BCUT2D eigenvalue weighted by atomic mass is 9.87. The molecule has 2 N–H and O–H groups in total.